The second-order valence-corrected chi connectivity index (χ2v) is 6.53. The molecular weight excluding hydrogens is 373 g/mol. The number of rotatable bonds is 5. The van der Waals surface area contributed by atoms with Crippen molar-refractivity contribution in [3.63, 3.8) is 0 Å². The molecular formula is C17H16N3O6P. The Morgan fingerprint density at radius 3 is 2.89 bits per heavy atom. The minimum atomic E-state index is -3.21. The van der Waals surface area contributed by atoms with Crippen LogP contribution < -0.4 is 18.7 Å². The highest BCUT2D eigenvalue weighted by Gasteiger charge is 2.22. The van der Waals surface area contributed by atoms with Crippen molar-refractivity contribution in [2.24, 2.45) is 0 Å². The average molecular weight is 389 g/mol. The van der Waals surface area contributed by atoms with E-state index in [4.69, 9.17) is 18.7 Å². The molecule has 1 aliphatic heterocycles. The van der Waals surface area contributed by atoms with Gasteiger partial charge in [-0.1, -0.05) is 5.21 Å². The van der Waals surface area contributed by atoms with Gasteiger partial charge in [0.15, 0.2) is 11.5 Å². The minimum Gasteiger partial charge on any atom is -0.497 e. The Morgan fingerprint density at radius 1 is 1.26 bits per heavy atom. The topological polar surface area (TPSA) is 116 Å². The molecule has 1 aromatic heterocycles. The van der Waals surface area contributed by atoms with Crippen LogP contribution in [0, 0.1) is 6.92 Å². The molecule has 9 nitrogen and oxygen atoms in total. The molecule has 0 aliphatic carbocycles. The summed E-state index contributed by atoms with van der Waals surface area (Å²) in [6, 6.07) is 8.68. The second-order valence-electron chi connectivity index (χ2n) is 5.79. The third-order valence-corrected chi connectivity index (χ3v) is 4.53. The summed E-state index contributed by atoms with van der Waals surface area (Å²) < 4.78 is 32.5. The largest absolute Gasteiger partial charge is 0.497 e. The molecule has 10 heteroatoms. The fourth-order valence-corrected chi connectivity index (χ4v) is 3.31. The lowest BCUT2D eigenvalue weighted by atomic mass is 10.0. The van der Waals surface area contributed by atoms with Crippen LogP contribution in [0.5, 0.6) is 23.0 Å². The number of nitrogens with zero attached hydrogens (tertiary/aromatic N) is 2. The number of ether oxygens (including phenoxy) is 3. The fraction of sp³-hybridized carbons (Fsp3) is 0.176. The maximum absolute atomic E-state index is 11.3. The molecule has 0 bridgehead atoms. The van der Waals surface area contributed by atoms with E-state index in [1.807, 2.05) is 19.1 Å². The van der Waals surface area contributed by atoms with Gasteiger partial charge in [-0.25, -0.2) is 4.57 Å². The average Bonchev–Trinajstić information content (AvgIpc) is 3.30. The number of aromatic nitrogens is 3. The quantitative estimate of drug-likeness (QED) is 0.640. The third kappa shape index (κ3) is 3.22. The van der Waals surface area contributed by atoms with E-state index in [9.17, 15) is 9.46 Å². The molecule has 0 amide bonds. The van der Waals surface area contributed by atoms with Crippen LogP contribution >= 0.6 is 8.25 Å². The molecule has 1 unspecified atom stereocenters. The molecule has 1 aliphatic rings. The van der Waals surface area contributed by atoms with Crippen molar-refractivity contribution in [2.75, 3.05) is 13.9 Å². The van der Waals surface area contributed by atoms with Gasteiger partial charge >= 0.3 is 8.25 Å². The molecule has 27 heavy (non-hydrogen) atoms. The highest BCUT2D eigenvalue weighted by molar-refractivity contribution is 7.32. The molecule has 0 saturated carbocycles. The first kappa shape index (κ1) is 17.4. The van der Waals surface area contributed by atoms with E-state index in [1.54, 1.807) is 12.1 Å². The standard InChI is InChI=1S/C17H16N3O6P/c1-9-5-10(6-14-17(9)25-8-24-14)15-16(19-20-18-15)12-4-3-11(23-2)7-13(12)26-27(21)22/h3-7,27H,8H2,1-2H3,(H,21,22)(H,18,19,20). The monoisotopic (exact) mass is 389 g/mol. The molecule has 0 fully saturated rings. The first-order valence-corrected chi connectivity index (χ1v) is 9.24. The molecule has 0 radical (unpaired) electrons. The summed E-state index contributed by atoms with van der Waals surface area (Å²) in [4.78, 5) is 9.23. The van der Waals surface area contributed by atoms with Crippen LogP contribution in [0.25, 0.3) is 22.5 Å². The summed E-state index contributed by atoms with van der Waals surface area (Å²) in [5, 5.41) is 10.9. The van der Waals surface area contributed by atoms with Crippen LogP contribution in [0.4, 0.5) is 0 Å². The van der Waals surface area contributed by atoms with Crippen LogP contribution in [0.3, 0.4) is 0 Å². The zero-order valence-electron chi connectivity index (χ0n) is 14.5. The van der Waals surface area contributed by atoms with Crippen molar-refractivity contribution in [1.29, 1.82) is 0 Å². The summed E-state index contributed by atoms with van der Waals surface area (Å²) in [6.07, 6.45) is 0. The van der Waals surface area contributed by atoms with Crippen molar-refractivity contribution in [1.82, 2.24) is 15.4 Å². The van der Waals surface area contributed by atoms with Crippen LogP contribution in [0.2, 0.25) is 0 Å². The second kappa shape index (κ2) is 6.94. The van der Waals surface area contributed by atoms with Gasteiger partial charge in [0.2, 0.25) is 6.79 Å². The highest BCUT2D eigenvalue weighted by Crippen LogP contribution is 2.43. The number of methoxy groups -OCH3 is 1. The molecule has 4 rings (SSSR count). The Bertz CT molecular complexity index is 1040. The van der Waals surface area contributed by atoms with E-state index in [-0.39, 0.29) is 12.5 Å². The van der Waals surface area contributed by atoms with Crippen LogP contribution in [0.1, 0.15) is 5.56 Å². The van der Waals surface area contributed by atoms with Crippen LogP contribution in [-0.4, -0.2) is 34.2 Å². The lowest BCUT2D eigenvalue weighted by Crippen LogP contribution is -1.93. The molecule has 3 aromatic rings. The van der Waals surface area contributed by atoms with Crippen molar-refractivity contribution in [3.05, 3.63) is 35.9 Å². The number of hydrogen-bond acceptors (Lipinski definition) is 7. The van der Waals surface area contributed by atoms with Gasteiger partial charge in [-0.05, 0) is 36.8 Å². The van der Waals surface area contributed by atoms with E-state index >= 15 is 0 Å². The lowest BCUT2D eigenvalue weighted by molar-refractivity contribution is 0.173. The fourth-order valence-electron chi connectivity index (χ4n) is 2.95. The van der Waals surface area contributed by atoms with Gasteiger partial charge < -0.3 is 23.6 Å². The normalized spacial score (nSPS) is 13.4. The highest BCUT2D eigenvalue weighted by atomic mass is 31.1. The zero-order chi connectivity index (χ0) is 19.0. The first-order chi connectivity index (χ1) is 13.1. The Hall–Kier alpha value is -3.03. The van der Waals surface area contributed by atoms with E-state index in [0.717, 1.165) is 11.1 Å². The Kier molecular flexibility index (Phi) is 4.47. The SMILES string of the molecule is COc1ccc(-c2[nH]nnc2-c2cc(C)c3c(c2)OCO3)c(O[PH](=O)O)c1. The number of benzene rings is 2. The number of nitrogens with one attached hydrogen (secondary N) is 1. The Labute approximate surface area is 154 Å². The van der Waals surface area contributed by atoms with E-state index in [2.05, 4.69) is 15.4 Å². The molecule has 1 atom stereocenters. The lowest BCUT2D eigenvalue weighted by Gasteiger charge is -2.11. The third-order valence-electron chi connectivity index (χ3n) is 4.14. The van der Waals surface area contributed by atoms with E-state index in [0.29, 0.717) is 34.2 Å². The Balaban J connectivity index is 1.84. The predicted octanol–water partition coefficient (Wildman–Crippen LogP) is 2.95. The Morgan fingerprint density at radius 2 is 2.11 bits per heavy atom. The van der Waals surface area contributed by atoms with Crippen molar-refractivity contribution in [3.8, 4) is 45.5 Å². The van der Waals surface area contributed by atoms with Gasteiger partial charge in [-0.15, -0.1) is 5.10 Å². The van der Waals surface area contributed by atoms with Gasteiger partial charge in [0, 0.05) is 17.2 Å². The smallest absolute Gasteiger partial charge is 0.365 e. The predicted molar refractivity (Wildman–Crippen MR) is 96.5 cm³/mol. The molecule has 0 saturated heterocycles. The van der Waals surface area contributed by atoms with E-state index < -0.39 is 8.25 Å². The summed E-state index contributed by atoms with van der Waals surface area (Å²) in [7, 11) is -1.71. The van der Waals surface area contributed by atoms with Gasteiger partial charge in [0.1, 0.15) is 17.2 Å². The van der Waals surface area contributed by atoms with E-state index in [1.165, 1.54) is 13.2 Å². The number of fused-ring (bicyclic) bond motifs is 1. The molecule has 2 N–H and O–H groups in total. The number of aryl methyl sites for hydroxylation is 1. The zero-order valence-corrected chi connectivity index (χ0v) is 15.5. The summed E-state index contributed by atoms with van der Waals surface area (Å²) in [5.74, 6) is 2.01. The molecule has 2 heterocycles. The van der Waals surface area contributed by atoms with Crippen molar-refractivity contribution in [2.45, 2.75) is 6.92 Å². The van der Waals surface area contributed by atoms with Gasteiger partial charge in [-0.2, -0.15) is 0 Å². The molecule has 0 spiro atoms. The molecule has 140 valence electrons. The van der Waals surface area contributed by atoms with Gasteiger partial charge in [0.05, 0.1) is 12.8 Å². The number of hydrogen-bond donors (Lipinski definition) is 2. The first-order valence-electron chi connectivity index (χ1n) is 7.97. The van der Waals surface area contributed by atoms with Crippen molar-refractivity contribution >= 4 is 8.25 Å². The van der Waals surface area contributed by atoms with Gasteiger partial charge in [0.25, 0.3) is 0 Å². The number of aromatic amines is 1. The summed E-state index contributed by atoms with van der Waals surface area (Å²) in [5.41, 5.74) is 3.27. The van der Waals surface area contributed by atoms with Crippen LogP contribution in [-0.2, 0) is 4.57 Å². The van der Waals surface area contributed by atoms with Crippen LogP contribution in [0.15, 0.2) is 30.3 Å². The maximum atomic E-state index is 11.3. The summed E-state index contributed by atoms with van der Waals surface area (Å²) >= 11 is 0. The van der Waals surface area contributed by atoms with Gasteiger partial charge in [-0.3, -0.25) is 5.10 Å². The maximum Gasteiger partial charge on any atom is 0.365 e. The van der Waals surface area contributed by atoms with Crippen molar-refractivity contribution < 1.29 is 28.2 Å². The number of H-pyrrole nitrogens is 1. The molecule has 2 aromatic carbocycles. The summed E-state index contributed by atoms with van der Waals surface area (Å²) in [6.45, 7) is 2.09. The minimum absolute atomic E-state index is 0.173.